The Morgan fingerprint density at radius 1 is 0.268 bits per heavy atom. The molecule has 0 spiro atoms. The van der Waals surface area contributed by atoms with Crippen LogP contribution in [0.1, 0.15) is 33.3 Å². The van der Waals surface area contributed by atoms with Gasteiger partial charge in [-0.1, -0.05) is 27.7 Å². The van der Waals surface area contributed by atoms with Gasteiger partial charge >= 0.3 is 0 Å². The number of hydrogen-bond acceptors (Lipinski definition) is 0. The molecule has 1 fully saturated rings. The Hall–Kier alpha value is -3.59. The summed E-state index contributed by atoms with van der Waals surface area (Å²) in [6.07, 6.45) is -1.17. The molecule has 1 saturated carbocycles. The summed E-state index contributed by atoms with van der Waals surface area (Å²) in [6.45, 7) is 5.70. The molecule has 1 atom stereocenters. The first-order valence-electron chi connectivity index (χ1n) is 15.1. The van der Waals surface area contributed by atoms with Gasteiger partial charge in [-0.25, -0.2) is 83.4 Å². The lowest BCUT2D eigenvalue weighted by Crippen LogP contribution is -2.34. The van der Waals surface area contributed by atoms with Crippen molar-refractivity contribution in [2.24, 2.45) is 0 Å². The van der Waals surface area contributed by atoms with E-state index < -0.39 is 165 Å². The molecule has 0 aliphatic heterocycles. The van der Waals surface area contributed by atoms with E-state index in [9.17, 15) is 43.9 Å². The van der Waals surface area contributed by atoms with E-state index in [0.717, 1.165) is 0 Å². The average Bonchev–Trinajstić information content (AvgIpc) is 3.34. The van der Waals surface area contributed by atoms with Crippen LogP contribution in [-0.4, -0.2) is 5.90 Å². The lowest BCUT2D eigenvalue weighted by Gasteiger charge is -2.31. The van der Waals surface area contributed by atoms with Crippen LogP contribution in [0.2, 0.25) is 0 Å². The van der Waals surface area contributed by atoms with Gasteiger partial charge in [0.25, 0.3) is 0 Å². The molecular formula is C35H16F19P2. The number of benzene rings is 4. The number of hydrogen-bond donors (Lipinski definition) is 0. The molecule has 0 N–H and O–H groups in total. The van der Waals surface area contributed by atoms with Gasteiger partial charge in [-0.3, -0.25) is 0 Å². The number of halogens is 19. The van der Waals surface area contributed by atoms with Crippen molar-refractivity contribution in [3.63, 3.8) is 0 Å². The smallest absolute Gasteiger partial charge is 0.200 e. The SMILES string of the molecule is C[C]1[C](C)[C](C)[C](Cc2c(F)c(F)c(F)c(F)c2P(CP(c2c(F)c(F)c(F)c(F)c2F)c2c(F)c(F)c(F)c(F)c2F)c2c(F)c(F)c(F)c(F)c2F)[C]1C. The number of rotatable bonds is 8. The molecule has 0 saturated heterocycles. The summed E-state index contributed by atoms with van der Waals surface area (Å²) in [4.78, 5) is 0. The first-order valence-corrected chi connectivity index (χ1v) is 18.1. The molecule has 299 valence electrons. The van der Waals surface area contributed by atoms with Gasteiger partial charge in [-0.15, -0.1) is 0 Å². The van der Waals surface area contributed by atoms with Crippen LogP contribution >= 0.6 is 15.8 Å². The van der Waals surface area contributed by atoms with Crippen molar-refractivity contribution in [3.8, 4) is 0 Å². The largest absolute Gasteiger partial charge is 0.203 e. The molecule has 1 aliphatic carbocycles. The molecular weight excluding hydrogens is 843 g/mol. The minimum absolute atomic E-state index is 0.0697. The zero-order valence-corrected chi connectivity index (χ0v) is 29.8. The molecule has 4 aromatic carbocycles. The van der Waals surface area contributed by atoms with Crippen molar-refractivity contribution >= 4 is 37.1 Å². The molecule has 5 rings (SSSR count). The Balaban J connectivity index is 2.00. The quantitative estimate of drug-likeness (QED) is 0.0717. The molecule has 0 aromatic heterocycles. The molecule has 0 nitrogen and oxygen atoms in total. The molecule has 0 amide bonds. The summed E-state index contributed by atoms with van der Waals surface area (Å²) in [5.41, 5.74) is -1.53. The molecule has 1 aliphatic rings. The van der Waals surface area contributed by atoms with Gasteiger partial charge in [-0.05, 0) is 51.9 Å². The minimum atomic E-state index is -4.73. The van der Waals surface area contributed by atoms with Crippen LogP contribution in [-0.2, 0) is 6.42 Å². The van der Waals surface area contributed by atoms with Gasteiger partial charge in [0.2, 0.25) is 17.5 Å². The molecule has 21 heteroatoms. The summed E-state index contributed by atoms with van der Waals surface area (Å²) in [7, 11) is -9.29. The summed E-state index contributed by atoms with van der Waals surface area (Å²) in [5.74, 6) is -56.8. The highest BCUT2D eigenvalue weighted by atomic mass is 31.2. The maximum absolute atomic E-state index is 16.2. The monoisotopic (exact) mass is 859 g/mol. The third kappa shape index (κ3) is 6.61. The highest BCUT2D eigenvalue weighted by Crippen LogP contribution is 2.56. The third-order valence-corrected chi connectivity index (χ3v) is 15.3. The van der Waals surface area contributed by atoms with Crippen LogP contribution in [0.15, 0.2) is 0 Å². The van der Waals surface area contributed by atoms with E-state index in [4.69, 9.17) is 0 Å². The third-order valence-electron chi connectivity index (χ3n) is 9.21. The van der Waals surface area contributed by atoms with Crippen molar-refractivity contribution in [2.45, 2.75) is 34.1 Å². The molecule has 0 bridgehead atoms. The van der Waals surface area contributed by atoms with Gasteiger partial charge in [-0.2, -0.15) is 0 Å². The van der Waals surface area contributed by atoms with E-state index in [1.54, 1.807) is 0 Å². The van der Waals surface area contributed by atoms with Gasteiger partial charge in [0, 0.05) is 16.8 Å². The molecule has 5 radical (unpaired) electrons. The fourth-order valence-corrected chi connectivity index (χ4v) is 12.7. The molecule has 4 aromatic rings. The fourth-order valence-electron chi connectivity index (χ4n) is 5.99. The predicted molar refractivity (Wildman–Crippen MR) is 165 cm³/mol. The second-order valence-corrected chi connectivity index (χ2v) is 16.6. The maximum atomic E-state index is 16.2. The van der Waals surface area contributed by atoms with Crippen molar-refractivity contribution in [3.05, 3.63) is 146 Å². The van der Waals surface area contributed by atoms with Crippen LogP contribution in [0.5, 0.6) is 0 Å². The molecule has 1 unspecified atom stereocenters. The van der Waals surface area contributed by atoms with Crippen LogP contribution in [0.4, 0.5) is 83.4 Å². The van der Waals surface area contributed by atoms with Gasteiger partial charge in [0.1, 0.15) is 0 Å². The summed E-state index contributed by atoms with van der Waals surface area (Å²) < 4.78 is 286. The average molecular weight is 859 g/mol. The van der Waals surface area contributed by atoms with Gasteiger partial charge < -0.3 is 0 Å². The van der Waals surface area contributed by atoms with Gasteiger partial charge in [0.05, 0.1) is 15.9 Å². The van der Waals surface area contributed by atoms with Crippen LogP contribution in [0.3, 0.4) is 0 Å². The Morgan fingerprint density at radius 3 is 0.768 bits per heavy atom. The van der Waals surface area contributed by atoms with E-state index in [0.29, 0.717) is 11.8 Å². The van der Waals surface area contributed by atoms with Gasteiger partial charge in [0.15, 0.2) is 93.1 Å². The Bertz CT molecular complexity index is 2110. The topological polar surface area (TPSA) is 0 Å². The van der Waals surface area contributed by atoms with E-state index in [-0.39, 0.29) is 17.8 Å². The Labute approximate surface area is 306 Å². The Kier molecular flexibility index (Phi) is 12.2. The van der Waals surface area contributed by atoms with Crippen LogP contribution in [0.25, 0.3) is 0 Å². The molecule has 0 heterocycles. The Morgan fingerprint density at radius 2 is 0.482 bits per heavy atom. The summed E-state index contributed by atoms with van der Waals surface area (Å²) in [6, 6.07) is 0. The zero-order chi connectivity index (χ0) is 42.3. The highest BCUT2D eigenvalue weighted by molar-refractivity contribution is 7.88. The van der Waals surface area contributed by atoms with Crippen LogP contribution < -0.4 is 21.2 Å². The fraction of sp³-hybridized carbons (Fsp3) is 0.171. The highest BCUT2D eigenvalue weighted by Gasteiger charge is 2.47. The second kappa shape index (κ2) is 15.6. The summed E-state index contributed by atoms with van der Waals surface area (Å²) in [5, 5.41) is -9.38. The zero-order valence-electron chi connectivity index (χ0n) is 28.0. The van der Waals surface area contributed by atoms with E-state index in [1.165, 1.54) is 27.7 Å². The first kappa shape index (κ1) is 43.5. The molecule has 56 heavy (non-hydrogen) atoms. The van der Waals surface area contributed by atoms with Crippen molar-refractivity contribution < 1.29 is 83.4 Å². The van der Waals surface area contributed by atoms with E-state index >= 15 is 39.5 Å². The van der Waals surface area contributed by atoms with E-state index in [2.05, 4.69) is 0 Å². The summed E-state index contributed by atoms with van der Waals surface area (Å²) >= 11 is 0. The van der Waals surface area contributed by atoms with Crippen molar-refractivity contribution in [1.29, 1.82) is 0 Å². The lowest BCUT2D eigenvalue weighted by molar-refractivity contribution is 0.383. The first-order chi connectivity index (χ1) is 25.9. The van der Waals surface area contributed by atoms with Crippen molar-refractivity contribution in [1.82, 2.24) is 0 Å². The maximum Gasteiger partial charge on any atom is 0.200 e. The predicted octanol–water partition coefficient (Wildman–Crippen LogP) is 10.4. The second-order valence-electron chi connectivity index (χ2n) is 12.0. The van der Waals surface area contributed by atoms with E-state index in [1.807, 2.05) is 0 Å². The van der Waals surface area contributed by atoms with Crippen molar-refractivity contribution in [2.75, 3.05) is 5.90 Å². The standard InChI is InChI=1S/C35H16F19P2/c1-7-8(2)10(4)11(9(7)3)5-12-13(36)14(37)18(41)25(48)32(12)55(33-26(49)19(42)15(38)20(43)27(33)50)6-56(34-28(51)21(44)16(39)22(45)29(34)52)35-30(53)23(46)17(40)24(47)31(35)54/h5-6H2,1-4H3. The minimum Gasteiger partial charge on any atom is -0.203 e. The lowest BCUT2D eigenvalue weighted by atomic mass is 9.84. The van der Waals surface area contributed by atoms with Crippen LogP contribution in [0, 0.1) is 140 Å². The normalized spacial score (nSPS) is 15.6.